The number of benzene rings is 1. The number of nitrogens with one attached hydrogen (secondary N) is 3. The molecule has 1 aliphatic rings. The summed E-state index contributed by atoms with van der Waals surface area (Å²) in [5.74, 6) is 0.699. The maximum Gasteiger partial charge on any atom is 0.239 e. The number of rotatable bonds is 6. The molecule has 3 N–H and O–H groups in total. The first-order chi connectivity index (χ1) is 12.5. The van der Waals surface area contributed by atoms with Gasteiger partial charge in [-0.2, -0.15) is 0 Å². The summed E-state index contributed by atoms with van der Waals surface area (Å²) in [7, 11) is 0. The molecule has 0 spiro atoms. The van der Waals surface area contributed by atoms with Crippen molar-refractivity contribution >= 4 is 28.9 Å². The Labute approximate surface area is 160 Å². The molecular formula is C18H28N4O3S. The summed E-state index contributed by atoms with van der Waals surface area (Å²) in [6.07, 6.45) is 0.801. The van der Waals surface area contributed by atoms with E-state index in [1.807, 2.05) is 31.2 Å². The predicted molar refractivity (Wildman–Crippen MR) is 106 cm³/mol. The van der Waals surface area contributed by atoms with E-state index in [9.17, 15) is 4.79 Å². The molecule has 1 amide bonds. The molecule has 8 heteroatoms. The van der Waals surface area contributed by atoms with Crippen molar-refractivity contribution in [3.05, 3.63) is 24.3 Å². The molecule has 1 aromatic rings. The van der Waals surface area contributed by atoms with Crippen LogP contribution in [0.15, 0.2) is 24.3 Å². The maximum atomic E-state index is 12.0. The molecule has 26 heavy (non-hydrogen) atoms. The smallest absolute Gasteiger partial charge is 0.239 e. The SMILES string of the molecule is CCOc1ccc(NC(=S)NNC(=O)CCN2C[C@@H](C)O[C@H](C)C2)cc1. The average Bonchev–Trinajstić information content (AvgIpc) is 2.59. The topological polar surface area (TPSA) is 74.9 Å². The molecule has 7 nitrogen and oxygen atoms in total. The van der Waals surface area contributed by atoms with E-state index in [-0.39, 0.29) is 18.1 Å². The Morgan fingerprint density at radius 3 is 2.50 bits per heavy atom. The lowest BCUT2D eigenvalue weighted by Crippen LogP contribution is -2.48. The minimum Gasteiger partial charge on any atom is -0.494 e. The molecular weight excluding hydrogens is 352 g/mol. The van der Waals surface area contributed by atoms with Crippen molar-refractivity contribution in [2.45, 2.75) is 39.4 Å². The standard InChI is InChI=1S/C18H28N4O3S/c1-4-24-16-7-5-15(6-8-16)19-18(26)21-20-17(23)9-10-22-11-13(2)25-14(3)12-22/h5-8,13-14H,4,9-12H2,1-3H3,(H,20,23)(H2,19,21,26)/t13-,14-/m1/s1. The van der Waals surface area contributed by atoms with Crippen molar-refractivity contribution in [3.63, 3.8) is 0 Å². The summed E-state index contributed by atoms with van der Waals surface area (Å²) >= 11 is 5.18. The molecule has 2 rings (SSSR count). The van der Waals surface area contributed by atoms with Gasteiger partial charge in [0.25, 0.3) is 0 Å². The quantitative estimate of drug-likeness (QED) is 0.514. The maximum absolute atomic E-state index is 12.0. The number of hydrogen-bond donors (Lipinski definition) is 3. The third-order valence-electron chi connectivity index (χ3n) is 3.89. The van der Waals surface area contributed by atoms with Crippen molar-refractivity contribution in [2.75, 3.05) is 31.6 Å². The minimum absolute atomic E-state index is 0.104. The lowest BCUT2D eigenvalue weighted by Gasteiger charge is -2.35. The lowest BCUT2D eigenvalue weighted by molar-refractivity contribution is -0.123. The molecule has 144 valence electrons. The van der Waals surface area contributed by atoms with Crippen LogP contribution in [0, 0.1) is 0 Å². The summed E-state index contributed by atoms with van der Waals surface area (Å²) in [6.45, 7) is 9.07. The van der Waals surface area contributed by atoms with E-state index in [0.717, 1.165) is 24.5 Å². The van der Waals surface area contributed by atoms with Gasteiger partial charge in [0.1, 0.15) is 5.75 Å². The van der Waals surface area contributed by atoms with Gasteiger partial charge < -0.3 is 14.8 Å². The molecule has 0 saturated carbocycles. The second-order valence-corrected chi connectivity index (χ2v) is 6.76. The highest BCUT2D eigenvalue weighted by Gasteiger charge is 2.22. The molecule has 1 fully saturated rings. The van der Waals surface area contributed by atoms with Crippen molar-refractivity contribution in [3.8, 4) is 5.75 Å². The van der Waals surface area contributed by atoms with Crippen molar-refractivity contribution in [1.29, 1.82) is 0 Å². The van der Waals surface area contributed by atoms with E-state index in [1.165, 1.54) is 0 Å². The van der Waals surface area contributed by atoms with Crippen LogP contribution in [-0.2, 0) is 9.53 Å². The Kier molecular flexibility index (Phi) is 8.08. The zero-order valence-corrected chi connectivity index (χ0v) is 16.4. The van der Waals surface area contributed by atoms with Crippen LogP contribution in [0.5, 0.6) is 5.75 Å². The molecule has 1 heterocycles. The van der Waals surface area contributed by atoms with Crippen LogP contribution in [0.4, 0.5) is 5.69 Å². The monoisotopic (exact) mass is 380 g/mol. The van der Waals surface area contributed by atoms with Gasteiger partial charge in [0.2, 0.25) is 5.91 Å². The van der Waals surface area contributed by atoms with Crippen LogP contribution < -0.4 is 20.9 Å². The van der Waals surface area contributed by atoms with Crippen molar-refractivity contribution in [1.82, 2.24) is 15.8 Å². The third kappa shape index (κ3) is 7.15. The Morgan fingerprint density at radius 2 is 1.88 bits per heavy atom. The van der Waals surface area contributed by atoms with Gasteiger partial charge in [0.15, 0.2) is 5.11 Å². The zero-order chi connectivity index (χ0) is 18.9. The fourth-order valence-corrected chi connectivity index (χ4v) is 3.05. The van der Waals surface area contributed by atoms with Gasteiger partial charge in [-0.15, -0.1) is 0 Å². The van der Waals surface area contributed by atoms with Gasteiger partial charge in [-0.3, -0.25) is 20.5 Å². The second-order valence-electron chi connectivity index (χ2n) is 6.35. The van der Waals surface area contributed by atoms with Crippen LogP contribution in [-0.4, -0.2) is 54.4 Å². The number of carbonyl (C=O) groups is 1. The van der Waals surface area contributed by atoms with E-state index < -0.39 is 0 Å². The van der Waals surface area contributed by atoms with Gasteiger partial charge in [-0.1, -0.05) is 0 Å². The number of thiocarbonyl (C=S) groups is 1. The number of nitrogens with zero attached hydrogens (tertiary/aromatic N) is 1. The molecule has 1 aliphatic heterocycles. The Bertz CT molecular complexity index is 587. The molecule has 0 radical (unpaired) electrons. The van der Waals surface area contributed by atoms with Crippen molar-refractivity contribution < 1.29 is 14.3 Å². The number of hydrazine groups is 1. The largest absolute Gasteiger partial charge is 0.494 e. The van der Waals surface area contributed by atoms with Crippen molar-refractivity contribution in [2.24, 2.45) is 0 Å². The molecule has 2 atom stereocenters. The highest BCUT2D eigenvalue weighted by atomic mass is 32.1. The molecule has 0 bridgehead atoms. The van der Waals surface area contributed by atoms with Crippen LogP contribution >= 0.6 is 12.2 Å². The number of anilines is 1. The summed E-state index contributed by atoms with van der Waals surface area (Å²) in [4.78, 5) is 14.2. The first kappa shape index (κ1) is 20.4. The normalized spacial score (nSPS) is 20.3. The molecule has 1 aromatic carbocycles. The predicted octanol–water partition coefficient (Wildman–Crippen LogP) is 1.90. The zero-order valence-electron chi connectivity index (χ0n) is 15.6. The molecule has 0 unspecified atom stereocenters. The first-order valence-corrected chi connectivity index (χ1v) is 9.33. The first-order valence-electron chi connectivity index (χ1n) is 8.92. The van der Waals surface area contributed by atoms with Gasteiger partial charge in [-0.05, 0) is 57.3 Å². The van der Waals surface area contributed by atoms with Crippen LogP contribution in [0.25, 0.3) is 0 Å². The fraction of sp³-hybridized carbons (Fsp3) is 0.556. The summed E-state index contributed by atoms with van der Waals surface area (Å²) in [5.41, 5.74) is 6.16. The van der Waals surface area contributed by atoms with Gasteiger partial charge in [0.05, 0.1) is 18.8 Å². The van der Waals surface area contributed by atoms with Gasteiger partial charge >= 0.3 is 0 Å². The number of carbonyl (C=O) groups excluding carboxylic acids is 1. The van der Waals surface area contributed by atoms with Crippen LogP contribution in [0.1, 0.15) is 27.2 Å². The molecule has 0 aliphatic carbocycles. The van der Waals surface area contributed by atoms with Gasteiger partial charge in [0, 0.05) is 31.7 Å². The van der Waals surface area contributed by atoms with E-state index in [4.69, 9.17) is 21.7 Å². The number of ether oxygens (including phenoxy) is 2. The lowest BCUT2D eigenvalue weighted by atomic mass is 10.2. The van der Waals surface area contributed by atoms with E-state index in [0.29, 0.717) is 24.7 Å². The fourth-order valence-electron chi connectivity index (χ4n) is 2.88. The average molecular weight is 381 g/mol. The number of morpholine rings is 1. The Morgan fingerprint density at radius 1 is 1.23 bits per heavy atom. The Hall–Kier alpha value is -1.90. The highest BCUT2D eigenvalue weighted by Crippen LogP contribution is 2.15. The van der Waals surface area contributed by atoms with Gasteiger partial charge in [-0.25, -0.2) is 0 Å². The third-order valence-corrected chi connectivity index (χ3v) is 4.09. The number of amides is 1. The summed E-state index contributed by atoms with van der Waals surface area (Å²) < 4.78 is 11.1. The van der Waals surface area contributed by atoms with E-state index in [2.05, 4.69) is 34.9 Å². The number of hydrogen-bond acceptors (Lipinski definition) is 5. The highest BCUT2D eigenvalue weighted by molar-refractivity contribution is 7.80. The summed E-state index contributed by atoms with van der Waals surface area (Å²) in [5, 5.41) is 3.34. The summed E-state index contributed by atoms with van der Waals surface area (Å²) in [6, 6.07) is 7.44. The second kappa shape index (κ2) is 10.3. The van der Waals surface area contributed by atoms with E-state index >= 15 is 0 Å². The molecule has 0 aromatic heterocycles. The van der Waals surface area contributed by atoms with E-state index in [1.54, 1.807) is 0 Å². The minimum atomic E-state index is -0.104. The Balaban J connectivity index is 1.65. The molecule has 1 saturated heterocycles. The van der Waals surface area contributed by atoms with Crippen LogP contribution in [0.2, 0.25) is 0 Å². The van der Waals surface area contributed by atoms with Crippen LogP contribution in [0.3, 0.4) is 0 Å².